The van der Waals surface area contributed by atoms with Gasteiger partial charge in [0, 0.05) is 16.6 Å². The van der Waals surface area contributed by atoms with Gasteiger partial charge < -0.3 is 25.4 Å². The molecular weight excluding hydrogens is 458 g/mol. The van der Waals surface area contributed by atoms with E-state index in [1.54, 1.807) is 45.9 Å². The van der Waals surface area contributed by atoms with Crippen molar-refractivity contribution in [1.82, 2.24) is 15.5 Å². The summed E-state index contributed by atoms with van der Waals surface area (Å²) in [6.07, 6.45) is -0.181. The van der Waals surface area contributed by atoms with Crippen molar-refractivity contribution >= 4 is 17.9 Å². The van der Waals surface area contributed by atoms with E-state index in [4.69, 9.17) is 4.74 Å². The van der Waals surface area contributed by atoms with Crippen LogP contribution >= 0.6 is 0 Å². The number of para-hydroxylation sites is 1. The standard InChI is InChI=1S/C28H47N3O5/c1-13-28(11,12)31(24(34)20(17(2)3)29-25(35)36-27(8,9)10)21(23(33)30-26(5,6)7)19-16-14-15-18(4)22(19)32/h14-17,20-21,32H,13H2,1-12H3,(H,29,35)(H,30,33). The summed E-state index contributed by atoms with van der Waals surface area (Å²) in [6, 6.07) is 3.07. The second-order valence-corrected chi connectivity index (χ2v) is 12.4. The smallest absolute Gasteiger partial charge is 0.408 e. The molecule has 0 spiro atoms. The van der Waals surface area contributed by atoms with Crippen LogP contribution in [0.5, 0.6) is 5.75 Å². The summed E-state index contributed by atoms with van der Waals surface area (Å²) >= 11 is 0. The van der Waals surface area contributed by atoms with Crippen molar-refractivity contribution in [2.24, 2.45) is 5.92 Å². The third-order valence-corrected chi connectivity index (χ3v) is 5.93. The highest BCUT2D eigenvalue weighted by atomic mass is 16.6. The molecule has 0 heterocycles. The molecule has 0 radical (unpaired) electrons. The van der Waals surface area contributed by atoms with Gasteiger partial charge in [0.1, 0.15) is 23.4 Å². The number of carbonyl (C=O) groups excluding carboxylic acids is 3. The molecule has 204 valence electrons. The normalized spacial score (nSPS) is 14.1. The number of nitrogens with zero attached hydrogens (tertiary/aromatic N) is 1. The van der Waals surface area contributed by atoms with Gasteiger partial charge in [-0.05, 0) is 80.2 Å². The lowest BCUT2D eigenvalue weighted by Gasteiger charge is -2.45. The number of aryl methyl sites for hydroxylation is 1. The number of rotatable bonds is 8. The first kappa shape index (κ1) is 31.3. The Hall–Kier alpha value is -2.77. The summed E-state index contributed by atoms with van der Waals surface area (Å²) < 4.78 is 5.41. The van der Waals surface area contributed by atoms with Gasteiger partial charge in [-0.15, -0.1) is 0 Å². The first-order valence-corrected chi connectivity index (χ1v) is 12.6. The Kier molecular flexibility index (Phi) is 10.0. The lowest BCUT2D eigenvalue weighted by Crippen LogP contribution is -2.61. The van der Waals surface area contributed by atoms with Gasteiger partial charge in [0.25, 0.3) is 0 Å². The predicted molar refractivity (Wildman–Crippen MR) is 143 cm³/mol. The van der Waals surface area contributed by atoms with Crippen LogP contribution in [0.3, 0.4) is 0 Å². The van der Waals surface area contributed by atoms with Gasteiger partial charge in [-0.1, -0.05) is 39.0 Å². The molecule has 1 aromatic rings. The molecule has 0 aliphatic heterocycles. The number of hydrogen-bond acceptors (Lipinski definition) is 5. The van der Waals surface area contributed by atoms with E-state index < -0.39 is 46.7 Å². The fourth-order valence-corrected chi connectivity index (χ4v) is 3.78. The lowest BCUT2D eigenvalue weighted by molar-refractivity contribution is -0.150. The molecule has 0 saturated carbocycles. The second-order valence-electron chi connectivity index (χ2n) is 12.4. The largest absolute Gasteiger partial charge is 0.507 e. The molecule has 1 rings (SSSR count). The number of alkyl carbamates (subject to hydrolysis) is 1. The highest BCUT2D eigenvalue weighted by molar-refractivity contribution is 5.93. The maximum absolute atomic E-state index is 14.3. The molecule has 0 fully saturated rings. The van der Waals surface area contributed by atoms with E-state index in [-0.39, 0.29) is 11.7 Å². The molecule has 3 N–H and O–H groups in total. The van der Waals surface area contributed by atoms with Crippen LogP contribution < -0.4 is 10.6 Å². The molecule has 8 heteroatoms. The van der Waals surface area contributed by atoms with Crippen LogP contribution in [-0.2, 0) is 14.3 Å². The van der Waals surface area contributed by atoms with Gasteiger partial charge >= 0.3 is 6.09 Å². The van der Waals surface area contributed by atoms with Crippen molar-refractivity contribution < 1.29 is 24.2 Å². The van der Waals surface area contributed by atoms with Crippen molar-refractivity contribution in [2.75, 3.05) is 0 Å². The molecule has 0 bridgehead atoms. The zero-order valence-electron chi connectivity index (χ0n) is 24.2. The van der Waals surface area contributed by atoms with Crippen LogP contribution in [0.2, 0.25) is 0 Å². The maximum atomic E-state index is 14.3. The number of carbonyl (C=O) groups is 3. The molecule has 36 heavy (non-hydrogen) atoms. The van der Waals surface area contributed by atoms with Gasteiger partial charge in [-0.25, -0.2) is 4.79 Å². The molecule has 2 unspecified atom stereocenters. The highest BCUT2D eigenvalue weighted by Crippen LogP contribution is 2.38. The van der Waals surface area contributed by atoms with Gasteiger partial charge in [0.05, 0.1) is 0 Å². The quantitative estimate of drug-likeness (QED) is 0.449. The van der Waals surface area contributed by atoms with Crippen molar-refractivity contribution in [3.63, 3.8) is 0 Å². The van der Waals surface area contributed by atoms with Crippen molar-refractivity contribution in [2.45, 2.75) is 118 Å². The van der Waals surface area contributed by atoms with Gasteiger partial charge in [0.15, 0.2) is 0 Å². The Bertz CT molecular complexity index is 941. The summed E-state index contributed by atoms with van der Waals surface area (Å²) in [5, 5.41) is 16.7. The molecule has 0 aliphatic rings. The van der Waals surface area contributed by atoms with Crippen LogP contribution in [0.25, 0.3) is 0 Å². The summed E-state index contributed by atoms with van der Waals surface area (Å²) in [5.74, 6) is -1.19. The predicted octanol–water partition coefficient (Wildman–Crippen LogP) is 5.22. The molecule has 0 aliphatic carbocycles. The molecule has 0 aromatic heterocycles. The van der Waals surface area contributed by atoms with Crippen LogP contribution in [0.1, 0.15) is 99.8 Å². The molecule has 3 amide bonds. The van der Waals surface area contributed by atoms with Crippen LogP contribution in [0.4, 0.5) is 4.79 Å². The summed E-state index contributed by atoms with van der Waals surface area (Å²) in [4.78, 5) is 42.2. The Balaban J connectivity index is 3.75. The number of nitrogens with one attached hydrogen (secondary N) is 2. The van der Waals surface area contributed by atoms with Crippen LogP contribution in [0.15, 0.2) is 18.2 Å². The molecular formula is C28H47N3O5. The lowest BCUT2D eigenvalue weighted by atomic mass is 9.89. The summed E-state index contributed by atoms with van der Waals surface area (Å²) in [7, 11) is 0. The molecule has 8 nitrogen and oxygen atoms in total. The number of hydrogen-bond donors (Lipinski definition) is 3. The topological polar surface area (TPSA) is 108 Å². The van der Waals surface area contributed by atoms with E-state index in [0.29, 0.717) is 17.5 Å². The average Bonchev–Trinajstić information content (AvgIpc) is 2.69. The van der Waals surface area contributed by atoms with Crippen LogP contribution in [-0.4, -0.2) is 50.6 Å². The van der Waals surface area contributed by atoms with Crippen LogP contribution in [0, 0.1) is 12.8 Å². The summed E-state index contributed by atoms with van der Waals surface area (Å²) in [5.41, 5.74) is -1.19. The van der Waals surface area contributed by atoms with E-state index in [2.05, 4.69) is 10.6 Å². The monoisotopic (exact) mass is 505 g/mol. The minimum atomic E-state index is -1.13. The Morgan fingerprint density at radius 1 is 1.03 bits per heavy atom. The number of phenolic OH excluding ortho intramolecular Hbond substituents is 1. The Morgan fingerprint density at radius 3 is 2.03 bits per heavy atom. The minimum Gasteiger partial charge on any atom is -0.507 e. The number of amides is 3. The van der Waals surface area contributed by atoms with E-state index >= 15 is 0 Å². The molecule has 2 atom stereocenters. The fraction of sp³-hybridized carbons (Fsp3) is 0.679. The fourth-order valence-electron chi connectivity index (χ4n) is 3.78. The number of aromatic hydroxyl groups is 1. The number of ether oxygens (including phenoxy) is 1. The highest BCUT2D eigenvalue weighted by Gasteiger charge is 2.45. The van der Waals surface area contributed by atoms with E-state index in [0.717, 1.165) is 0 Å². The van der Waals surface area contributed by atoms with Gasteiger partial charge in [0.2, 0.25) is 11.8 Å². The summed E-state index contributed by atoms with van der Waals surface area (Å²) in [6.45, 7) is 21.9. The first-order valence-electron chi connectivity index (χ1n) is 12.6. The SMILES string of the molecule is CCC(C)(C)N(C(=O)C(NC(=O)OC(C)(C)C)C(C)C)C(C(=O)NC(C)(C)C)c1cccc(C)c1O. The van der Waals surface area contributed by atoms with E-state index in [9.17, 15) is 19.5 Å². The van der Waals surface area contributed by atoms with Crippen molar-refractivity contribution in [3.8, 4) is 5.75 Å². The Morgan fingerprint density at radius 2 is 1.58 bits per heavy atom. The van der Waals surface area contributed by atoms with E-state index in [1.807, 2.05) is 55.4 Å². The average molecular weight is 506 g/mol. The Labute approximate surface area is 217 Å². The van der Waals surface area contributed by atoms with Gasteiger partial charge in [-0.3, -0.25) is 9.59 Å². The van der Waals surface area contributed by atoms with Crippen molar-refractivity contribution in [1.29, 1.82) is 0 Å². The second kappa shape index (κ2) is 11.5. The zero-order valence-corrected chi connectivity index (χ0v) is 24.2. The first-order chi connectivity index (χ1) is 16.2. The zero-order chi connectivity index (χ0) is 28.2. The van der Waals surface area contributed by atoms with Gasteiger partial charge in [-0.2, -0.15) is 0 Å². The molecule has 0 saturated heterocycles. The van der Waals surface area contributed by atoms with Crippen molar-refractivity contribution in [3.05, 3.63) is 29.3 Å². The maximum Gasteiger partial charge on any atom is 0.408 e. The number of phenols is 1. The minimum absolute atomic E-state index is 0.0440. The third kappa shape index (κ3) is 8.42. The third-order valence-electron chi connectivity index (χ3n) is 5.93. The number of benzene rings is 1. The molecule has 1 aromatic carbocycles. The van der Waals surface area contributed by atoms with E-state index in [1.165, 1.54) is 4.90 Å².